The van der Waals surface area contributed by atoms with Gasteiger partial charge >= 0.3 is 0 Å². The molecule has 0 aliphatic carbocycles. The summed E-state index contributed by atoms with van der Waals surface area (Å²) in [5, 5.41) is 0.938. The van der Waals surface area contributed by atoms with Gasteiger partial charge in [0.05, 0.1) is 5.69 Å². The number of likely N-dealkylation sites (tertiary alicyclic amines) is 1. The number of aromatic amines is 1. The maximum atomic E-state index is 13.4. The third-order valence-corrected chi connectivity index (χ3v) is 5.60. The fourth-order valence-corrected chi connectivity index (χ4v) is 3.84. The Bertz CT molecular complexity index is 1240. The lowest BCUT2D eigenvalue weighted by molar-refractivity contribution is -0.0495. The molecular formula is C24H20F2N4O. The lowest BCUT2D eigenvalue weighted by Crippen LogP contribution is -2.43. The summed E-state index contributed by atoms with van der Waals surface area (Å²) in [5.41, 5.74) is 4.46. The van der Waals surface area contributed by atoms with Gasteiger partial charge in [-0.3, -0.25) is 4.79 Å². The van der Waals surface area contributed by atoms with Crippen molar-refractivity contribution in [1.29, 1.82) is 0 Å². The Labute approximate surface area is 177 Å². The molecule has 0 atom stereocenters. The van der Waals surface area contributed by atoms with Crippen LogP contribution in [0.3, 0.4) is 0 Å². The summed E-state index contributed by atoms with van der Waals surface area (Å²) in [4.78, 5) is 26.5. The molecule has 0 bridgehead atoms. The molecule has 31 heavy (non-hydrogen) atoms. The standard InChI is InChI=1S/C24H20F2N4O/c25-24(26)9-11-30(12-10-24)23(31)20-8-4-7-19(28-20)18-13-17-14-21(29-22(17)27-15-18)16-5-2-1-3-6-16/h1-8,13-15H,9-12H2,(H,27,29). The Kier molecular flexibility index (Phi) is 4.73. The molecular weight excluding hydrogens is 398 g/mol. The topological polar surface area (TPSA) is 61.9 Å². The van der Waals surface area contributed by atoms with Crippen molar-refractivity contribution in [3.8, 4) is 22.5 Å². The van der Waals surface area contributed by atoms with Crippen molar-refractivity contribution in [2.24, 2.45) is 0 Å². The van der Waals surface area contributed by atoms with Crippen LogP contribution in [0.1, 0.15) is 23.3 Å². The summed E-state index contributed by atoms with van der Waals surface area (Å²) in [5.74, 6) is -3.01. The molecule has 5 nitrogen and oxygen atoms in total. The molecule has 5 rings (SSSR count). The third kappa shape index (κ3) is 3.91. The van der Waals surface area contributed by atoms with Gasteiger partial charge < -0.3 is 9.88 Å². The number of nitrogens with zero attached hydrogens (tertiary/aromatic N) is 3. The molecule has 3 aromatic heterocycles. The normalized spacial score (nSPS) is 15.9. The molecule has 1 aliphatic heterocycles. The number of amides is 1. The molecule has 0 radical (unpaired) electrons. The first-order valence-electron chi connectivity index (χ1n) is 10.2. The molecule has 1 aromatic carbocycles. The number of hydrogen-bond donors (Lipinski definition) is 1. The Morgan fingerprint density at radius 1 is 0.968 bits per heavy atom. The van der Waals surface area contributed by atoms with Crippen LogP contribution in [-0.4, -0.2) is 44.8 Å². The average molecular weight is 418 g/mol. The second-order valence-corrected chi connectivity index (χ2v) is 7.77. The number of rotatable bonds is 3. The second-order valence-electron chi connectivity index (χ2n) is 7.77. The van der Waals surface area contributed by atoms with Crippen LogP contribution in [0.5, 0.6) is 0 Å². The number of nitrogens with one attached hydrogen (secondary N) is 1. The second kappa shape index (κ2) is 7.58. The number of pyridine rings is 2. The van der Waals surface area contributed by atoms with E-state index in [1.807, 2.05) is 48.5 Å². The van der Waals surface area contributed by atoms with E-state index in [9.17, 15) is 13.6 Å². The first kappa shape index (κ1) is 19.4. The van der Waals surface area contributed by atoms with Crippen molar-refractivity contribution in [2.75, 3.05) is 13.1 Å². The number of aromatic nitrogens is 3. The minimum Gasteiger partial charge on any atom is -0.339 e. The number of halogens is 2. The van der Waals surface area contributed by atoms with Crippen LogP contribution in [-0.2, 0) is 0 Å². The molecule has 156 valence electrons. The van der Waals surface area contributed by atoms with Gasteiger partial charge in [-0.25, -0.2) is 18.7 Å². The number of H-pyrrole nitrogens is 1. The molecule has 1 fully saturated rings. The SMILES string of the molecule is O=C(c1cccc(-c2cnc3[nH]c(-c4ccccc4)cc3c2)n1)N1CCC(F)(F)CC1. The highest BCUT2D eigenvalue weighted by Gasteiger charge is 2.36. The fraction of sp³-hybridized carbons (Fsp3) is 0.208. The van der Waals surface area contributed by atoms with Crippen LogP contribution in [0.4, 0.5) is 8.78 Å². The molecule has 1 aliphatic rings. The first-order chi connectivity index (χ1) is 15.0. The number of piperidine rings is 1. The highest BCUT2D eigenvalue weighted by molar-refractivity contribution is 5.93. The van der Waals surface area contributed by atoms with Crippen LogP contribution in [0.25, 0.3) is 33.5 Å². The van der Waals surface area contributed by atoms with Gasteiger partial charge in [0.2, 0.25) is 0 Å². The van der Waals surface area contributed by atoms with Crippen LogP contribution < -0.4 is 0 Å². The van der Waals surface area contributed by atoms with Gasteiger partial charge in [0.1, 0.15) is 11.3 Å². The van der Waals surface area contributed by atoms with E-state index in [1.165, 1.54) is 4.90 Å². The third-order valence-electron chi connectivity index (χ3n) is 5.60. The maximum absolute atomic E-state index is 13.4. The fourth-order valence-electron chi connectivity index (χ4n) is 3.84. The highest BCUT2D eigenvalue weighted by Crippen LogP contribution is 2.29. The Hall–Kier alpha value is -3.61. The van der Waals surface area contributed by atoms with E-state index in [0.717, 1.165) is 27.9 Å². The van der Waals surface area contributed by atoms with Crippen molar-refractivity contribution in [1.82, 2.24) is 19.9 Å². The van der Waals surface area contributed by atoms with E-state index in [-0.39, 0.29) is 37.5 Å². The zero-order valence-corrected chi connectivity index (χ0v) is 16.7. The maximum Gasteiger partial charge on any atom is 0.272 e. The van der Waals surface area contributed by atoms with Crippen LogP contribution >= 0.6 is 0 Å². The molecule has 0 saturated carbocycles. The Morgan fingerprint density at radius 2 is 1.74 bits per heavy atom. The smallest absolute Gasteiger partial charge is 0.272 e. The summed E-state index contributed by atoms with van der Waals surface area (Å²) in [7, 11) is 0. The first-order valence-corrected chi connectivity index (χ1v) is 10.2. The molecule has 1 N–H and O–H groups in total. The predicted octanol–water partition coefficient (Wildman–Crippen LogP) is 5.16. The zero-order chi connectivity index (χ0) is 21.4. The summed E-state index contributed by atoms with van der Waals surface area (Å²) in [6.45, 7) is 0.0771. The van der Waals surface area contributed by atoms with Crippen molar-refractivity contribution >= 4 is 16.9 Å². The molecule has 1 amide bonds. The van der Waals surface area contributed by atoms with E-state index < -0.39 is 5.92 Å². The van der Waals surface area contributed by atoms with Crippen molar-refractivity contribution in [3.05, 3.63) is 72.6 Å². The number of alkyl halides is 2. The lowest BCUT2D eigenvalue weighted by atomic mass is 10.1. The molecule has 4 aromatic rings. The van der Waals surface area contributed by atoms with Gasteiger partial charge in [-0.15, -0.1) is 0 Å². The van der Waals surface area contributed by atoms with Crippen LogP contribution in [0, 0.1) is 0 Å². The van der Waals surface area contributed by atoms with Gasteiger partial charge in [0.25, 0.3) is 11.8 Å². The van der Waals surface area contributed by atoms with Gasteiger partial charge in [-0.2, -0.15) is 0 Å². The monoisotopic (exact) mass is 418 g/mol. The van der Waals surface area contributed by atoms with Crippen molar-refractivity contribution in [3.63, 3.8) is 0 Å². The van der Waals surface area contributed by atoms with Crippen LogP contribution in [0.15, 0.2) is 66.9 Å². The summed E-state index contributed by atoms with van der Waals surface area (Å²) in [6, 6.07) is 19.2. The number of carbonyl (C=O) groups excluding carboxylic acids is 1. The average Bonchev–Trinajstić information content (AvgIpc) is 3.23. The van der Waals surface area contributed by atoms with E-state index in [1.54, 1.807) is 18.3 Å². The molecule has 1 saturated heterocycles. The number of benzene rings is 1. The summed E-state index contributed by atoms with van der Waals surface area (Å²) >= 11 is 0. The lowest BCUT2D eigenvalue weighted by Gasteiger charge is -2.31. The van der Waals surface area contributed by atoms with E-state index in [2.05, 4.69) is 15.0 Å². The number of carbonyl (C=O) groups is 1. The van der Waals surface area contributed by atoms with Crippen molar-refractivity contribution < 1.29 is 13.6 Å². The molecule has 0 unspecified atom stereocenters. The van der Waals surface area contributed by atoms with E-state index in [0.29, 0.717) is 5.69 Å². The number of fused-ring (bicyclic) bond motifs is 1. The van der Waals surface area contributed by atoms with Gasteiger partial charge in [-0.05, 0) is 29.8 Å². The Morgan fingerprint density at radius 3 is 2.52 bits per heavy atom. The van der Waals surface area contributed by atoms with Gasteiger partial charge in [0, 0.05) is 48.8 Å². The largest absolute Gasteiger partial charge is 0.339 e. The molecule has 0 spiro atoms. The number of hydrogen-bond acceptors (Lipinski definition) is 3. The Balaban J connectivity index is 1.42. The molecule has 4 heterocycles. The van der Waals surface area contributed by atoms with Crippen LogP contribution in [0.2, 0.25) is 0 Å². The summed E-state index contributed by atoms with van der Waals surface area (Å²) in [6.07, 6.45) is 1.10. The van der Waals surface area contributed by atoms with E-state index in [4.69, 9.17) is 0 Å². The predicted molar refractivity (Wildman–Crippen MR) is 115 cm³/mol. The quantitative estimate of drug-likeness (QED) is 0.500. The minimum atomic E-state index is -2.69. The molecule has 7 heteroatoms. The summed E-state index contributed by atoms with van der Waals surface area (Å²) < 4.78 is 26.8. The highest BCUT2D eigenvalue weighted by atomic mass is 19.3. The zero-order valence-electron chi connectivity index (χ0n) is 16.7. The van der Waals surface area contributed by atoms with Crippen molar-refractivity contribution in [2.45, 2.75) is 18.8 Å². The minimum absolute atomic E-state index is 0.0386. The van der Waals surface area contributed by atoms with Gasteiger partial charge in [0.15, 0.2) is 0 Å². The van der Waals surface area contributed by atoms with Gasteiger partial charge in [-0.1, -0.05) is 36.4 Å². The van der Waals surface area contributed by atoms with E-state index >= 15 is 0 Å².